The molecule has 0 saturated carbocycles. The number of amides is 2. The van der Waals surface area contributed by atoms with Crippen LogP contribution in [0.1, 0.15) is 19.4 Å². The molecule has 142 valence electrons. The van der Waals surface area contributed by atoms with E-state index in [2.05, 4.69) is 10.6 Å². The molecule has 0 bridgehead atoms. The Balaban J connectivity index is 1.46. The number of ether oxygens (including phenoxy) is 2. The highest BCUT2D eigenvalue weighted by Gasteiger charge is 2.32. The average Bonchev–Trinajstić information content (AvgIpc) is 2.94. The van der Waals surface area contributed by atoms with Crippen LogP contribution < -0.4 is 20.1 Å². The zero-order valence-corrected chi connectivity index (χ0v) is 15.2. The fourth-order valence-corrected chi connectivity index (χ4v) is 2.81. The van der Waals surface area contributed by atoms with Crippen LogP contribution in [-0.4, -0.2) is 30.6 Å². The van der Waals surface area contributed by atoms with Gasteiger partial charge in [0, 0.05) is 17.7 Å². The number of benzene rings is 2. The van der Waals surface area contributed by atoms with Gasteiger partial charge in [0.2, 0.25) is 5.91 Å². The third kappa shape index (κ3) is 4.97. The SMILES string of the molecule is CC1(C)Cc2cccc(OCC(=O)NCC(=O)Nc3ccc(F)cc3)c2O1. The van der Waals surface area contributed by atoms with Crippen molar-refractivity contribution >= 4 is 17.5 Å². The topological polar surface area (TPSA) is 76.7 Å². The largest absolute Gasteiger partial charge is 0.483 e. The molecule has 3 rings (SSSR count). The summed E-state index contributed by atoms with van der Waals surface area (Å²) in [6.45, 7) is 3.53. The van der Waals surface area contributed by atoms with Crippen LogP contribution in [0, 0.1) is 5.82 Å². The van der Waals surface area contributed by atoms with Crippen molar-refractivity contribution in [3.05, 3.63) is 53.8 Å². The number of rotatable bonds is 6. The van der Waals surface area contributed by atoms with E-state index in [-0.39, 0.29) is 18.8 Å². The van der Waals surface area contributed by atoms with E-state index >= 15 is 0 Å². The summed E-state index contributed by atoms with van der Waals surface area (Å²) in [5, 5.41) is 5.04. The second kappa shape index (κ2) is 7.65. The predicted molar refractivity (Wildman–Crippen MR) is 98.4 cm³/mol. The van der Waals surface area contributed by atoms with E-state index in [1.807, 2.05) is 26.0 Å². The van der Waals surface area contributed by atoms with Crippen LogP contribution in [-0.2, 0) is 16.0 Å². The standard InChI is InChI=1S/C20H21FN2O4/c1-20(2)10-13-4-3-5-16(19(13)27-20)26-12-18(25)22-11-17(24)23-15-8-6-14(21)7-9-15/h3-9H,10-12H2,1-2H3,(H,22,25)(H,23,24). The zero-order chi connectivity index (χ0) is 19.4. The van der Waals surface area contributed by atoms with Crippen molar-refractivity contribution < 1.29 is 23.5 Å². The molecule has 1 aliphatic rings. The Bertz CT molecular complexity index is 850. The number of para-hydroxylation sites is 1. The molecule has 0 unspecified atom stereocenters. The first kappa shape index (κ1) is 18.7. The summed E-state index contributed by atoms with van der Waals surface area (Å²) in [5.74, 6) is -0.0775. The molecule has 2 aromatic rings. The maximum absolute atomic E-state index is 12.8. The lowest BCUT2D eigenvalue weighted by Gasteiger charge is -2.18. The van der Waals surface area contributed by atoms with Gasteiger partial charge < -0.3 is 20.1 Å². The Labute approximate surface area is 156 Å². The van der Waals surface area contributed by atoms with Gasteiger partial charge in [-0.3, -0.25) is 9.59 Å². The molecule has 0 aliphatic carbocycles. The highest BCUT2D eigenvalue weighted by atomic mass is 19.1. The van der Waals surface area contributed by atoms with Crippen molar-refractivity contribution in [3.8, 4) is 11.5 Å². The Morgan fingerprint density at radius 3 is 2.63 bits per heavy atom. The normalized spacial score (nSPS) is 14.0. The van der Waals surface area contributed by atoms with Crippen molar-refractivity contribution in [1.29, 1.82) is 0 Å². The second-order valence-electron chi connectivity index (χ2n) is 6.90. The molecule has 7 heteroatoms. The minimum Gasteiger partial charge on any atom is -0.483 e. The number of fused-ring (bicyclic) bond motifs is 1. The number of anilines is 1. The summed E-state index contributed by atoms with van der Waals surface area (Å²) in [6.07, 6.45) is 0.773. The summed E-state index contributed by atoms with van der Waals surface area (Å²) in [5.41, 5.74) is 1.19. The van der Waals surface area contributed by atoms with Gasteiger partial charge in [-0.1, -0.05) is 12.1 Å². The molecule has 1 aliphatic heterocycles. The Kier molecular flexibility index (Phi) is 5.30. The van der Waals surface area contributed by atoms with Crippen LogP contribution in [0.25, 0.3) is 0 Å². The van der Waals surface area contributed by atoms with E-state index in [4.69, 9.17) is 9.47 Å². The van der Waals surface area contributed by atoms with Gasteiger partial charge in [0.05, 0.1) is 6.54 Å². The van der Waals surface area contributed by atoms with Crippen LogP contribution >= 0.6 is 0 Å². The van der Waals surface area contributed by atoms with Crippen LogP contribution in [0.4, 0.5) is 10.1 Å². The lowest BCUT2D eigenvalue weighted by atomic mass is 10.0. The fraction of sp³-hybridized carbons (Fsp3) is 0.300. The second-order valence-corrected chi connectivity index (χ2v) is 6.90. The van der Waals surface area contributed by atoms with Crippen LogP contribution in [0.5, 0.6) is 11.5 Å². The molecule has 2 aromatic carbocycles. The maximum Gasteiger partial charge on any atom is 0.258 e. The van der Waals surface area contributed by atoms with Gasteiger partial charge in [0.15, 0.2) is 18.1 Å². The molecule has 6 nitrogen and oxygen atoms in total. The molecular formula is C20H21FN2O4. The van der Waals surface area contributed by atoms with E-state index in [0.29, 0.717) is 17.2 Å². The van der Waals surface area contributed by atoms with Crippen molar-refractivity contribution in [2.24, 2.45) is 0 Å². The van der Waals surface area contributed by atoms with Gasteiger partial charge in [-0.25, -0.2) is 4.39 Å². The molecule has 0 saturated heterocycles. The van der Waals surface area contributed by atoms with E-state index in [1.54, 1.807) is 6.07 Å². The zero-order valence-electron chi connectivity index (χ0n) is 15.2. The summed E-state index contributed by atoms with van der Waals surface area (Å²) in [6, 6.07) is 10.9. The Hall–Kier alpha value is -3.09. The highest BCUT2D eigenvalue weighted by molar-refractivity contribution is 5.94. The van der Waals surface area contributed by atoms with E-state index < -0.39 is 17.6 Å². The number of hydrogen-bond donors (Lipinski definition) is 2. The van der Waals surface area contributed by atoms with Crippen molar-refractivity contribution in [1.82, 2.24) is 5.32 Å². The van der Waals surface area contributed by atoms with Gasteiger partial charge in [0.25, 0.3) is 5.91 Å². The third-order valence-electron chi connectivity index (χ3n) is 3.99. The number of halogens is 1. The number of hydrogen-bond acceptors (Lipinski definition) is 4. The van der Waals surface area contributed by atoms with Crippen molar-refractivity contribution in [3.63, 3.8) is 0 Å². The van der Waals surface area contributed by atoms with Gasteiger partial charge in [0.1, 0.15) is 11.4 Å². The summed E-state index contributed by atoms with van der Waals surface area (Å²) in [4.78, 5) is 23.8. The monoisotopic (exact) mass is 372 g/mol. The Morgan fingerprint density at radius 2 is 1.89 bits per heavy atom. The summed E-state index contributed by atoms with van der Waals surface area (Å²) >= 11 is 0. The fourth-order valence-electron chi connectivity index (χ4n) is 2.81. The van der Waals surface area contributed by atoms with Crippen LogP contribution in [0.3, 0.4) is 0 Å². The minimum atomic E-state index is -0.431. The van der Waals surface area contributed by atoms with Gasteiger partial charge in [-0.05, 0) is 44.2 Å². The van der Waals surface area contributed by atoms with Crippen LogP contribution in [0.15, 0.2) is 42.5 Å². The molecule has 0 spiro atoms. The lowest BCUT2D eigenvalue weighted by molar-refractivity contribution is -0.125. The smallest absolute Gasteiger partial charge is 0.258 e. The van der Waals surface area contributed by atoms with Gasteiger partial charge >= 0.3 is 0 Å². The van der Waals surface area contributed by atoms with E-state index in [1.165, 1.54) is 24.3 Å². The predicted octanol–water partition coefficient (Wildman–Crippen LogP) is 2.67. The highest BCUT2D eigenvalue weighted by Crippen LogP contribution is 2.41. The average molecular weight is 372 g/mol. The van der Waals surface area contributed by atoms with Crippen molar-refractivity contribution in [2.45, 2.75) is 25.9 Å². The molecule has 1 heterocycles. The molecule has 0 fully saturated rings. The third-order valence-corrected chi connectivity index (χ3v) is 3.99. The van der Waals surface area contributed by atoms with Gasteiger partial charge in [-0.15, -0.1) is 0 Å². The summed E-state index contributed by atoms with van der Waals surface area (Å²) in [7, 11) is 0. The molecule has 27 heavy (non-hydrogen) atoms. The first-order valence-electron chi connectivity index (χ1n) is 8.58. The first-order valence-corrected chi connectivity index (χ1v) is 8.58. The summed E-state index contributed by atoms with van der Waals surface area (Å²) < 4.78 is 24.3. The number of carbonyl (C=O) groups is 2. The number of carbonyl (C=O) groups excluding carboxylic acids is 2. The van der Waals surface area contributed by atoms with Gasteiger partial charge in [-0.2, -0.15) is 0 Å². The van der Waals surface area contributed by atoms with Crippen molar-refractivity contribution in [2.75, 3.05) is 18.5 Å². The lowest BCUT2D eigenvalue weighted by Crippen LogP contribution is -2.35. The molecule has 0 radical (unpaired) electrons. The van der Waals surface area contributed by atoms with E-state index in [0.717, 1.165) is 12.0 Å². The maximum atomic E-state index is 12.8. The molecule has 0 aromatic heterocycles. The molecule has 0 atom stereocenters. The Morgan fingerprint density at radius 1 is 1.15 bits per heavy atom. The molecular weight excluding hydrogens is 351 g/mol. The first-order chi connectivity index (χ1) is 12.8. The van der Waals surface area contributed by atoms with E-state index in [9.17, 15) is 14.0 Å². The van der Waals surface area contributed by atoms with Crippen LogP contribution in [0.2, 0.25) is 0 Å². The minimum absolute atomic E-state index is 0.212. The molecule has 2 N–H and O–H groups in total. The molecule has 2 amide bonds. The quantitative estimate of drug-likeness (QED) is 0.817. The number of nitrogens with one attached hydrogen (secondary N) is 2.